The molecule has 3 aromatic heterocycles. The summed E-state index contributed by atoms with van der Waals surface area (Å²) in [6, 6.07) is 19.9. The molecule has 6 heteroatoms. The van der Waals surface area contributed by atoms with Crippen LogP contribution in [0.3, 0.4) is 0 Å². The number of hydrogen-bond donors (Lipinski definition) is 1. The minimum atomic E-state index is 0.644. The molecule has 6 nitrogen and oxygen atoms in total. The summed E-state index contributed by atoms with van der Waals surface area (Å²) in [5.41, 5.74) is 12.5. The fraction of sp³-hybridized carbons (Fsp3) is 0.0909. The highest BCUT2D eigenvalue weighted by molar-refractivity contribution is 5.80. The second-order valence-electron chi connectivity index (χ2n) is 6.88. The van der Waals surface area contributed by atoms with Crippen LogP contribution in [0.15, 0.2) is 66.9 Å². The quantitative estimate of drug-likeness (QED) is 0.491. The van der Waals surface area contributed by atoms with E-state index in [1.807, 2.05) is 53.2 Å². The third kappa shape index (κ3) is 2.85. The van der Waals surface area contributed by atoms with Gasteiger partial charge in [-0.2, -0.15) is 9.61 Å². The van der Waals surface area contributed by atoms with Gasteiger partial charge >= 0.3 is 0 Å². The Kier molecular flexibility index (Phi) is 3.76. The average molecular weight is 366 g/mol. The second-order valence-corrected chi connectivity index (χ2v) is 6.88. The number of nitrogens with zero attached hydrogens (tertiary/aromatic N) is 5. The Bertz CT molecular complexity index is 1320. The molecule has 0 radical (unpaired) electrons. The predicted molar refractivity (Wildman–Crippen MR) is 110 cm³/mol. The van der Waals surface area contributed by atoms with Crippen LogP contribution in [0.1, 0.15) is 17.0 Å². The van der Waals surface area contributed by atoms with Gasteiger partial charge in [-0.05, 0) is 60.5 Å². The van der Waals surface area contributed by atoms with E-state index < -0.39 is 0 Å². The molecule has 5 rings (SSSR count). The molecular formula is C22H18N6. The van der Waals surface area contributed by atoms with Crippen LogP contribution in [-0.4, -0.2) is 24.8 Å². The number of nitrogen functional groups attached to an aromatic ring is 1. The number of fused-ring (bicyclic) bond motifs is 2. The maximum Gasteiger partial charge on any atom is 0.177 e. The SMILES string of the molecule is Cc1cc2ncccc2cc1Cc1nnc2ccc(-c3cccc(N)c3)nn12. The molecule has 0 aliphatic carbocycles. The van der Waals surface area contributed by atoms with Crippen LogP contribution in [0.25, 0.3) is 27.8 Å². The summed E-state index contributed by atoms with van der Waals surface area (Å²) in [6.07, 6.45) is 2.46. The number of nitrogens with two attached hydrogens (primary N) is 1. The summed E-state index contributed by atoms with van der Waals surface area (Å²) in [5, 5.41) is 14.5. The normalized spacial score (nSPS) is 11.3. The van der Waals surface area contributed by atoms with E-state index in [4.69, 9.17) is 10.8 Å². The molecule has 2 aromatic carbocycles. The minimum absolute atomic E-state index is 0.644. The first-order chi connectivity index (χ1) is 13.7. The lowest BCUT2D eigenvalue weighted by molar-refractivity contribution is 0.840. The molecule has 0 aliphatic rings. The van der Waals surface area contributed by atoms with Crippen molar-refractivity contribution in [3.8, 4) is 11.3 Å². The summed E-state index contributed by atoms with van der Waals surface area (Å²) < 4.78 is 1.81. The number of aromatic nitrogens is 5. The van der Waals surface area contributed by atoms with E-state index in [1.54, 1.807) is 0 Å². The van der Waals surface area contributed by atoms with E-state index >= 15 is 0 Å². The van der Waals surface area contributed by atoms with Crippen LogP contribution >= 0.6 is 0 Å². The van der Waals surface area contributed by atoms with E-state index in [-0.39, 0.29) is 0 Å². The largest absolute Gasteiger partial charge is 0.399 e. The maximum absolute atomic E-state index is 5.92. The number of hydrogen-bond acceptors (Lipinski definition) is 5. The first-order valence-electron chi connectivity index (χ1n) is 9.09. The van der Waals surface area contributed by atoms with Crippen molar-refractivity contribution >= 4 is 22.2 Å². The summed E-state index contributed by atoms with van der Waals surface area (Å²) in [4.78, 5) is 4.43. The molecule has 0 fully saturated rings. The average Bonchev–Trinajstić information content (AvgIpc) is 3.10. The summed E-state index contributed by atoms with van der Waals surface area (Å²) in [7, 11) is 0. The first-order valence-corrected chi connectivity index (χ1v) is 9.09. The molecule has 0 atom stereocenters. The fourth-order valence-electron chi connectivity index (χ4n) is 3.43. The van der Waals surface area contributed by atoms with E-state index in [0.717, 1.165) is 33.6 Å². The smallest absolute Gasteiger partial charge is 0.177 e. The van der Waals surface area contributed by atoms with Crippen molar-refractivity contribution in [2.45, 2.75) is 13.3 Å². The Morgan fingerprint density at radius 3 is 2.79 bits per heavy atom. The highest BCUT2D eigenvalue weighted by Gasteiger charge is 2.12. The predicted octanol–water partition coefficient (Wildman–Crippen LogP) is 3.82. The number of rotatable bonds is 3. The molecule has 0 amide bonds. The van der Waals surface area contributed by atoms with Crippen molar-refractivity contribution in [3.05, 3.63) is 83.8 Å². The molecule has 0 unspecified atom stereocenters. The van der Waals surface area contributed by atoms with Gasteiger partial charge in [0.25, 0.3) is 0 Å². The molecule has 0 bridgehead atoms. The standard InChI is InChI=1S/C22H18N6/c1-14-10-20-15(5-3-9-24-20)11-17(14)13-22-26-25-21-8-7-19(27-28(21)22)16-4-2-6-18(23)12-16/h2-12H,13,23H2,1H3. The third-order valence-corrected chi connectivity index (χ3v) is 4.92. The van der Waals surface area contributed by atoms with E-state index in [9.17, 15) is 0 Å². The lowest BCUT2D eigenvalue weighted by Crippen LogP contribution is -2.03. The molecule has 0 aliphatic heterocycles. The Balaban J connectivity index is 1.58. The minimum Gasteiger partial charge on any atom is -0.399 e. The first kappa shape index (κ1) is 16.4. The zero-order valence-electron chi connectivity index (χ0n) is 15.4. The van der Waals surface area contributed by atoms with Gasteiger partial charge in [0.2, 0.25) is 0 Å². The highest BCUT2D eigenvalue weighted by Crippen LogP contribution is 2.22. The Labute approximate surface area is 161 Å². The molecule has 3 heterocycles. The van der Waals surface area contributed by atoms with Crippen molar-refractivity contribution in [2.75, 3.05) is 5.73 Å². The van der Waals surface area contributed by atoms with Crippen molar-refractivity contribution in [1.82, 2.24) is 24.8 Å². The van der Waals surface area contributed by atoms with Crippen molar-refractivity contribution in [2.24, 2.45) is 0 Å². The van der Waals surface area contributed by atoms with Crippen molar-refractivity contribution < 1.29 is 0 Å². The number of anilines is 1. The van der Waals surface area contributed by atoms with Crippen LogP contribution in [0.4, 0.5) is 5.69 Å². The summed E-state index contributed by atoms with van der Waals surface area (Å²) >= 11 is 0. The molecule has 28 heavy (non-hydrogen) atoms. The van der Waals surface area contributed by atoms with Crippen molar-refractivity contribution in [1.29, 1.82) is 0 Å². The Morgan fingerprint density at radius 2 is 1.89 bits per heavy atom. The van der Waals surface area contributed by atoms with Gasteiger partial charge < -0.3 is 5.73 Å². The lowest BCUT2D eigenvalue weighted by atomic mass is 10.0. The van der Waals surface area contributed by atoms with Gasteiger partial charge in [-0.15, -0.1) is 10.2 Å². The van der Waals surface area contributed by atoms with E-state index in [2.05, 4.69) is 40.3 Å². The zero-order chi connectivity index (χ0) is 19.1. The van der Waals surface area contributed by atoms with Crippen LogP contribution in [0.5, 0.6) is 0 Å². The molecule has 2 N–H and O–H groups in total. The highest BCUT2D eigenvalue weighted by atomic mass is 15.4. The van der Waals surface area contributed by atoms with Gasteiger partial charge in [-0.1, -0.05) is 18.2 Å². The molecule has 0 saturated carbocycles. The van der Waals surface area contributed by atoms with Gasteiger partial charge in [0, 0.05) is 29.3 Å². The third-order valence-electron chi connectivity index (χ3n) is 4.92. The molecule has 136 valence electrons. The maximum atomic E-state index is 5.92. The van der Waals surface area contributed by atoms with Crippen LogP contribution < -0.4 is 5.73 Å². The van der Waals surface area contributed by atoms with Gasteiger partial charge in [-0.3, -0.25) is 4.98 Å². The summed E-state index contributed by atoms with van der Waals surface area (Å²) in [5.74, 6) is 0.798. The van der Waals surface area contributed by atoms with Gasteiger partial charge in [0.1, 0.15) is 0 Å². The monoisotopic (exact) mass is 366 g/mol. The Hall–Kier alpha value is -3.80. The van der Waals surface area contributed by atoms with Gasteiger partial charge in [0.15, 0.2) is 11.5 Å². The van der Waals surface area contributed by atoms with Gasteiger partial charge in [-0.25, -0.2) is 0 Å². The molecular weight excluding hydrogens is 348 g/mol. The number of pyridine rings is 1. The Morgan fingerprint density at radius 1 is 0.964 bits per heavy atom. The van der Waals surface area contributed by atoms with E-state index in [1.165, 1.54) is 11.1 Å². The van der Waals surface area contributed by atoms with Crippen LogP contribution in [-0.2, 0) is 6.42 Å². The lowest BCUT2D eigenvalue weighted by Gasteiger charge is -2.08. The van der Waals surface area contributed by atoms with Crippen LogP contribution in [0.2, 0.25) is 0 Å². The molecule has 0 saturated heterocycles. The van der Waals surface area contributed by atoms with Crippen LogP contribution in [0, 0.1) is 6.92 Å². The zero-order valence-corrected chi connectivity index (χ0v) is 15.4. The number of benzene rings is 2. The summed E-state index contributed by atoms with van der Waals surface area (Å²) in [6.45, 7) is 2.10. The topological polar surface area (TPSA) is 82.0 Å². The van der Waals surface area contributed by atoms with Gasteiger partial charge in [0.05, 0.1) is 11.2 Å². The molecule has 0 spiro atoms. The second kappa shape index (κ2) is 6.42. The van der Waals surface area contributed by atoms with Crippen molar-refractivity contribution in [3.63, 3.8) is 0 Å². The van der Waals surface area contributed by atoms with E-state index in [0.29, 0.717) is 12.1 Å². The fourth-order valence-corrected chi connectivity index (χ4v) is 3.43. The molecule has 5 aromatic rings. The number of aryl methyl sites for hydroxylation is 1.